The summed E-state index contributed by atoms with van der Waals surface area (Å²) >= 11 is 0. The van der Waals surface area contributed by atoms with E-state index in [1.807, 2.05) is 6.92 Å². The predicted octanol–water partition coefficient (Wildman–Crippen LogP) is 4.49. The first kappa shape index (κ1) is 21.2. The lowest BCUT2D eigenvalue weighted by molar-refractivity contribution is -0.133. The van der Waals surface area contributed by atoms with E-state index in [2.05, 4.69) is 0 Å². The van der Waals surface area contributed by atoms with Crippen molar-refractivity contribution in [2.75, 3.05) is 20.8 Å². The summed E-state index contributed by atoms with van der Waals surface area (Å²) in [7, 11) is 2.67. The van der Waals surface area contributed by atoms with E-state index in [0.29, 0.717) is 17.5 Å². The lowest BCUT2D eigenvalue weighted by Crippen LogP contribution is -2.09. The molecule has 2 aromatic rings. The first-order valence-corrected chi connectivity index (χ1v) is 8.66. The number of benzene rings is 2. The van der Waals surface area contributed by atoms with Crippen LogP contribution in [0.15, 0.2) is 42.7 Å². The highest BCUT2D eigenvalue weighted by atomic mass is 19.1. The number of hydrogen-bond acceptors (Lipinski definition) is 5. The molecule has 0 aliphatic rings. The lowest BCUT2D eigenvalue weighted by Gasteiger charge is -2.14. The molecule has 0 radical (unpaired) electrons. The molecule has 0 amide bonds. The van der Waals surface area contributed by atoms with Gasteiger partial charge in [-0.25, -0.2) is 9.18 Å². The molecule has 0 atom stereocenters. The van der Waals surface area contributed by atoms with Gasteiger partial charge in [0.1, 0.15) is 12.2 Å². The van der Waals surface area contributed by atoms with Gasteiger partial charge < -0.3 is 18.9 Å². The van der Waals surface area contributed by atoms with Crippen LogP contribution in [0.2, 0.25) is 0 Å². The standard InChI is InChI=1S/C21H22F2O5/c1-4-11-27-20-17(22)9-10-18(19(20)23)28-12-14-7-5-6-8-15(14)16(13-25-2)21(24)26-3/h5-10,13H,4,11-12H2,1-3H3/b16-13+. The Labute approximate surface area is 162 Å². The number of esters is 1. The van der Waals surface area contributed by atoms with Crippen molar-refractivity contribution >= 4 is 11.5 Å². The molecule has 0 bridgehead atoms. The van der Waals surface area contributed by atoms with Gasteiger partial charge in [0.15, 0.2) is 17.3 Å². The maximum absolute atomic E-state index is 14.5. The highest BCUT2D eigenvalue weighted by Crippen LogP contribution is 2.31. The summed E-state index contributed by atoms with van der Waals surface area (Å²) in [6.07, 6.45) is 1.87. The third kappa shape index (κ3) is 5.00. The summed E-state index contributed by atoms with van der Waals surface area (Å²) in [5.41, 5.74) is 1.30. The highest BCUT2D eigenvalue weighted by Gasteiger charge is 2.19. The fourth-order valence-corrected chi connectivity index (χ4v) is 2.48. The average molecular weight is 392 g/mol. The van der Waals surface area contributed by atoms with Crippen LogP contribution >= 0.6 is 0 Å². The SMILES string of the molecule is CCCOc1c(F)ccc(OCc2ccccc2/C(=C\OC)C(=O)OC)c1F. The Morgan fingerprint density at radius 1 is 1.07 bits per heavy atom. The maximum Gasteiger partial charge on any atom is 0.341 e. The molecule has 0 N–H and O–H groups in total. The Bertz CT molecular complexity index is 849. The van der Waals surface area contributed by atoms with E-state index in [9.17, 15) is 13.6 Å². The van der Waals surface area contributed by atoms with Crippen molar-refractivity contribution in [3.05, 3.63) is 65.4 Å². The molecule has 0 aromatic heterocycles. The van der Waals surface area contributed by atoms with Gasteiger partial charge in [0, 0.05) is 0 Å². The summed E-state index contributed by atoms with van der Waals surface area (Å²) in [5, 5.41) is 0. The Hall–Kier alpha value is -3.09. The number of carbonyl (C=O) groups is 1. The van der Waals surface area contributed by atoms with Crippen molar-refractivity contribution in [3.8, 4) is 11.5 Å². The number of halogens is 2. The summed E-state index contributed by atoms with van der Waals surface area (Å²) < 4.78 is 48.7. The molecule has 0 spiro atoms. The quantitative estimate of drug-likeness (QED) is 0.357. The van der Waals surface area contributed by atoms with E-state index >= 15 is 0 Å². The highest BCUT2D eigenvalue weighted by molar-refractivity contribution is 6.16. The molecular weight excluding hydrogens is 370 g/mol. The van der Waals surface area contributed by atoms with Gasteiger partial charge in [-0.2, -0.15) is 4.39 Å². The van der Waals surface area contributed by atoms with Crippen LogP contribution in [0, 0.1) is 11.6 Å². The molecule has 0 heterocycles. The van der Waals surface area contributed by atoms with E-state index in [4.69, 9.17) is 18.9 Å². The minimum atomic E-state index is -0.911. The van der Waals surface area contributed by atoms with Crippen molar-refractivity contribution in [2.45, 2.75) is 20.0 Å². The molecular formula is C21H22F2O5. The van der Waals surface area contributed by atoms with Gasteiger partial charge >= 0.3 is 5.97 Å². The number of rotatable bonds is 9. The number of ether oxygens (including phenoxy) is 4. The Morgan fingerprint density at radius 3 is 2.50 bits per heavy atom. The van der Waals surface area contributed by atoms with E-state index < -0.39 is 23.4 Å². The van der Waals surface area contributed by atoms with E-state index in [0.717, 1.165) is 6.07 Å². The van der Waals surface area contributed by atoms with Crippen molar-refractivity contribution in [1.29, 1.82) is 0 Å². The summed E-state index contributed by atoms with van der Waals surface area (Å²) in [5.74, 6) is -2.92. The largest absolute Gasteiger partial charge is 0.503 e. The van der Waals surface area contributed by atoms with Crippen LogP contribution in [-0.4, -0.2) is 26.8 Å². The topological polar surface area (TPSA) is 54.0 Å². The van der Waals surface area contributed by atoms with Crippen molar-refractivity contribution in [1.82, 2.24) is 0 Å². The number of hydrogen-bond donors (Lipinski definition) is 0. The zero-order valence-corrected chi connectivity index (χ0v) is 16.0. The van der Waals surface area contributed by atoms with E-state index in [1.54, 1.807) is 24.3 Å². The van der Waals surface area contributed by atoms with Crippen LogP contribution in [0.5, 0.6) is 11.5 Å². The second-order valence-corrected chi connectivity index (χ2v) is 5.74. The first-order valence-electron chi connectivity index (χ1n) is 8.66. The average Bonchev–Trinajstić information content (AvgIpc) is 2.71. The number of methoxy groups -OCH3 is 2. The molecule has 0 saturated heterocycles. The van der Waals surface area contributed by atoms with E-state index in [1.165, 1.54) is 26.5 Å². The first-order chi connectivity index (χ1) is 13.5. The Kier molecular flexibility index (Phi) is 7.80. The van der Waals surface area contributed by atoms with Crippen molar-refractivity contribution < 1.29 is 32.5 Å². The molecule has 28 heavy (non-hydrogen) atoms. The molecule has 0 aliphatic heterocycles. The van der Waals surface area contributed by atoms with Crippen LogP contribution in [-0.2, 0) is 20.9 Å². The zero-order valence-electron chi connectivity index (χ0n) is 16.0. The zero-order chi connectivity index (χ0) is 20.5. The maximum atomic E-state index is 14.5. The summed E-state index contributed by atoms with van der Waals surface area (Å²) in [6, 6.07) is 9.18. The summed E-state index contributed by atoms with van der Waals surface area (Å²) in [6.45, 7) is 1.95. The molecule has 0 saturated carbocycles. The molecule has 0 fully saturated rings. The third-order valence-corrected chi connectivity index (χ3v) is 3.80. The van der Waals surface area contributed by atoms with Crippen LogP contribution in [0.4, 0.5) is 8.78 Å². The van der Waals surface area contributed by atoms with Crippen molar-refractivity contribution in [2.24, 2.45) is 0 Å². The Morgan fingerprint density at radius 2 is 1.82 bits per heavy atom. The van der Waals surface area contributed by atoms with Crippen LogP contribution in [0.3, 0.4) is 0 Å². The Balaban J connectivity index is 2.29. The third-order valence-electron chi connectivity index (χ3n) is 3.80. The second kappa shape index (κ2) is 10.3. The van der Waals surface area contributed by atoms with Gasteiger partial charge in [0.05, 0.1) is 27.1 Å². The van der Waals surface area contributed by atoms with Gasteiger partial charge in [-0.1, -0.05) is 31.2 Å². The molecule has 0 aliphatic carbocycles. The van der Waals surface area contributed by atoms with Crippen LogP contribution < -0.4 is 9.47 Å². The molecule has 150 valence electrons. The lowest BCUT2D eigenvalue weighted by atomic mass is 10.0. The van der Waals surface area contributed by atoms with Crippen molar-refractivity contribution in [3.63, 3.8) is 0 Å². The molecule has 2 rings (SSSR count). The fourth-order valence-electron chi connectivity index (χ4n) is 2.48. The molecule has 0 unspecified atom stereocenters. The van der Waals surface area contributed by atoms with Crippen LogP contribution in [0.1, 0.15) is 24.5 Å². The summed E-state index contributed by atoms with van der Waals surface area (Å²) in [4.78, 5) is 12.0. The van der Waals surface area contributed by atoms with Gasteiger partial charge in [0.25, 0.3) is 0 Å². The number of carbonyl (C=O) groups excluding carboxylic acids is 1. The van der Waals surface area contributed by atoms with E-state index in [-0.39, 0.29) is 24.5 Å². The van der Waals surface area contributed by atoms with Crippen LogP contribution in [0.25, 0.3) is 5.57 Å². The second-order valence-electron chi connectivity index (χ2n) is 5.74. The molecule has 7 heteroatoms. The van der Waals surface area contributed by atoms with Gasteiger partial charge in [-0.3, -0.25) is 0 Å². The normalized spacial score (nSPS) is 11.1. The predicted molar refractivity (Wildman–Crippen MR) is 99.9 cm³/mol. The molecule has 5 nitrogen and oxygen atoms in total. The van der Waals surface area contributed by atoms with Gasteiger partial charge in [0.2, 0.25) is 5.82 Å². The minimum absolute atomic E-state index is 0.0655. The minimum Gasteiger partial charge on any atom is -0.503 e. The molecule has 2 aromatic carbocycles. The smallest absolute Gasteiger partial charge is 0.341 e. The van der Waals surface area contributed by atoms with Gasteiger partial charge in [-0.05, 0) is 29.7 Å². The monoisotopic (exact) mass is 392 g/mol. The van der Waals surface area contributed by atoms with Gasteiger partial charge in [-0.15, -0.1) is 0 Å². The fraction of sp³-hybridized carbons (Fsp3) is 0.286.